The Kier molecular flexibility index (Phi) is 5.43. The topological polar surface area (TPSA) is 43.8 Å². The van der Waals surface area contributed by atoms with Crippen molar-refractivity contribution in [1.29, 1.82) is 0 Å². The third-order valence-electron chi connectivity index (χ3n) is 9.43. The number of fused-ring (bicyclic) bond motifs is 10. The van der Waals surface area contributed by atoms with Crippen molar-refractivity contribution in [2.24, 2.45) is 0 Å². The first-order valence-electron chi connectivity index (χ1n) is 15.7. The molecule has 0 radical (unpaired) electrons. The van der Waals surface area contributed by atoms with E-state index in [2.05, 4.69) is 108 Å². The quantitative estimate of drug-likeness (QED) is 0.196. The van der Waals surface area contributed by atoms with E-state index < -0.39 is 5.41 Å². The zero-order valence-corrected chi connectivity index (χ0v) is 25.1. The highest BCUT2D eigenvalue weighted by atomic mass is 16.5. The molecule has 0 saturated carbocycles. The molecule has 47 heavy (non-hydrogen) atoms. The number of anilines is 3. The standard InChI is InChI=1S/C42H26N2O3/c1-2-11-27(12-3-1)28-20-22-32-39(25-28)45-35-16-7-4-13-30(35)42(32)31-14-5-8-17-36(31)46-40-26-29(21-23-33(40)42)44-34-15-6-9-18-37(34)47-38-19-10-24-43-41(38)44/h1-26H. The zero-order valence-electron chi connectivity index (χ0n) is 25.1. The van der Waals surface area contributed by atoms with Gasteiger partial charge in [0.15, 0.2) is 17.3 Å². The van der Waals surface area contributed by atoms with Crippen LogP contribution in [0.4, 0.5) is 17.2 Å². The Morgan fingerprint density at radius 1 is 0.426 bits per heavy atom. The summed E-state index contributed by atoms with van der Waals surface area (Å²) < 4.78 is 19.8. The molecule has 7 aromatic rings. The summed E-state index contributed by atoms with van der Waals surface area (Å²) >= 11 is 0. The lowest BCUT2D eigenvalue weighted by atomic mass is 9.62. The molecule has 0 fully saturated rings. The summed E-state index contributed by atoms with van der Waals surface area (Å²) in [7, 11) is 0. The first kappa shape index (κ1) is 25.9. The third kappa shape index (κ3) is 3.68. The van der Waals surface area contributed by atoms with E-state index in [0.717, 1.165) is 79.3 Å². The van der Waals surface area contributed by atoms with Gasteiger partial charge in [-0.1, -0.05) is 97.1 Å². The first-order chi connectivity index (χ1) is 23.3. The highest BCUT2D eigenvalue weighted by Crippen LogP contribution is 2.62. The normalized spacial score (nSPS) is 16.2. The number of aromatic nitrogens is 1. The molecule has 0 aliphatic carbocycles. The molecule has 1 spiro atoms. The van der Waals surface area contributed by atoms with Crippen molar-refractivity contribution < 1.29 is 14.2 Å². The smallest absolute Gasteiger partial charge is 0.181 e. The highest BCUT2D eigenvalue weighted by molar-refractivity contribution is 5.86. The zero-order chi connectivity index (χ0) is 31.0. The Hall–Kier alpha value is -6.33. The van der Waals surface area contributed by atoms with Crippen LogP contribution in [0.1, 0.15) is 22.3 Å². The Morgan fingerprint density at radius 2 is 1.00 bits per heavy atom. The van der Waals surface area contributed by atoms with Crippen molar-refractivity contribution in [3.63, 3.8) is 0 Å². The van der Waals surface area contributed by atoms with E-state index in [-0.39, 0.29) is 0 Å². The van der Waals surface area contributed by atoms with E-state index in [0.29, 0.717) is 5.75 Å². The molecule has 5 heteroatoms. The monoisotopic (exact) mass is 606 g/mol. The van der Waals surface area contributed by atoms with Gasteiger partial charge < -0.3 is 14.2 Å². The lowest BCUT2D eigenvalue weighted by molar-refractivity contribution is 0.399. The summed E-state index contributed by atoms with van der Waals surface area (Å²) in [6.45, 7) is 0. The van der Waals surface area contributed by atoms with Crippen LogP contribution in [0.3, 0.4) is 0 Å². The minimum Gasteiger partial charge on any atom is -0.457 e. The highest BCUT2D eigenvalue weighted by Gasteiger charge is 2.50. The van der Waals surface area contributed by atoms with Gasteiger partial charge in [0.2, 0.25) is 0 Å². The molecule has 222 valence electrons. The first-order valence-corrected chi connectivity index (χ1v) is 15.7. The number of pyridine rings is 1. The number of hydrogen-bond donors (Lipinski definition) is 0. The average molecular weight is 607 g/mol. The molecule has 0 amide bonds. The fraction of sp³-hybridized carbons (Fsp3) is 0.0238. The van der Waals surface area contributed by atoms with Crippen molar-refractivity contribution in [1.82, 2.24) is 4.98 Å². The molecular weight excluding hydrogens is 580 g/mol. The maximum atomic E-state index is 6.82. The Morgan fingerprint density at radius 3 is 1.77 bits per heavy atom. The number of rotatable bonds is 2. The van der Waals surface area contributed by atoms with E-state index in [1.165, 1.54) is 0 Å². The van der Waals surface area contributed by atoms with Gasteiger partial charge in [-0.05, 0) is 59.7 Å². The van der Waals surface area contributed by atoms with E-state index >= 15 is 0 Å². The fourth-order valence-electron chi connectivity index (χ4n) is 7.46. The number of ether oxygens (including phenoxy) is 3. The van der Waals surface area contributed by atoms with E-state index in [1.54, 1.807) is 6.20 Å². The number of para-hydroxylation sites is 4. The summed E-state index contributed by atoms with van der Waals surface area (Å²) in [6.07, 6.45) is 1.79. The molecular formula is C42H26N2O3. The van der Waals surface area contributed by atoms with Crippen LogP contribution in [0.5, 0.6) is 34.5 Å². The molecule has 3 aliphatic heterocycles. The van der Waals surface area contributed by atoms with Crippen molar-refractivity contribution >= 4 is 17.2 Å². The second kappa shape index (κ2) is 9.83. The fourth-order valence-corrected chi connectivity index (χ4v) is 7.46. The van der Waals surface area contributed by atoms with Crippen LogP contribution in [0.25, 0.3) is 11.1 Å². The second-order valence-corrected chi connectivity index (χ2v) is 11.9. The third-order valence-corrected chi connectivity index (χ3v) is 9.43. The summed E-state index contributed by atoms with van der Waals surface area (Å²) in [6, 6.07) is 52.1. The molecule has 3 aliphatic rings. The predicted molar refractivity (Wildman–Crippen MR) is 183 cm³/mol. The van der Waals surface area contributed by atoms with Gasteiger partial charge in [0.1, 0.15) is 23.0 Å². The lowest BCUT2D eigenvalue weighted by Crippen LogP contribution is -2.36. The molecule has 10 rings (SSSR count). The Bertz CT molecular complexity index is 2310. The minimum atomic E-state index is -0.679. The van der Waals surface area contributed by atoms with Crippen molar-refractivity contribution in [3.8, 4) is 45.6 Å². The largest absolute Gasteiger partial charge is 0.457 e. The van der Waals surface area contributed by atoms with Crippen LogP contribution in [-0.2, 0) is 5.41 Å². The van der Waals surface area contributed by atoms with Crippen LogP contribution >= 0.6 is 0 Å². The van der Waals surface area contributed by atoms with Gasteiger partial charge in [-0.15, -0.1) is 0 Å². The minimum absolute atomic E-state index is 0.679. The van der Waals surface area contributed by atoms with Crippen LogP contribution in [0.15, 0.2) is 158 Å². The maximum absolute atomic E-state index is 6.82. The molecule has 0 bridgehead atoms. The van der Waals surface area contributed by atoms with Gasteiger partial charge in [-0.25, -0.2) is 4.98 Å². The number of nitrogens with zero attached hydrogens (tertiary/aromatic N) is 2. The van der Waals surface area contributed by atoms with Gasteiger partial charge in [0.25, 0.3) is 0 Å². The van der Waals surface area contributed by atoms with Gasteiger partial charge in [-0.3, -0.25) is 4.90 Å². The average Bonchev–Trinajstić information content (AvgIpc) is 3.13. The summed E-state index contributed by atoms with van der Waals surface area (Å²) in [5.74, 6) is 5.45. The van der Waals surface area contributed by atoms with E-state index in [9.17, 15) is 0 Å². The van der Waals surface area contributed by atoms with Gasteiger partial charge in [0.05, 0.1) is 16.8 Å². The number of hydrogen-bond acceptors (Lipinski definition) is 5. The van der Waals surface area contributed by atoms with Gasteiger partial charge in [0, 0.05) is 34.5 Å². The summed E-state index contributed by atoms with van der Waals surface area (Å²) in [4.78, 5) is 6.89. The molecule has 5 nitrogen and oxygen atoms in total. The molecule has 0 N–H and O–H groups in total. The Labute approximate surface area is 271 Å². The van der Waals surface area contributed by atoms with Gasteiger partial charge >= 0.3 is 0 Å². The molecule has 1 unspecified atom stereocenters. The molecule has 4 heterocycles. The van der Waals surface area contributed by atoms with Crippen LogP contribution in [0, 0.1) is 0 Å². The van der Waals surface area contributed by atoms with Crippen LogP contribution in [0.2, 0.25) is 0 Å². The van der Waals surface area contributed by atoms with Gasteiger partial charge in [-0.2, -0.15) is 0 Å². The second-order valence-electron chi connectivity index (χ2n) is 11.9. The van der Waals surface area contributed by atoms with Crippen LogP contribution < -0.4 is 19.1 Å². The van der Waals surface area contributed by atoms with Crippen molar-refractivity contribution in [2.45, 2.75) is 5.41 Å². The van der Waals surface area contributed by atoms with Crippen molar-refractivity contribution in [2.75, 3.05) is 4.90 Å². The Balaban J connectivity index is 1.23. The SMILES string of the molecule is c1ccc(-c2ccc3c(c2)Oc2ccccc2C32c3ccccc3Oc3cc(N4c5ccccc5Oc5cccnc54)ccc32)cc1. The molecule has 1 atom stereocenters. The molecule has 6 aromatic carbocycles. The number of benzene rings is 6. The predicted octanol–water partition coefficient (Wildman–Crippen LogP) is 10.9. The molecule has 1 aromatic heterocycles. The summed E-state index contributed by atoms with van der Waals surface area (Å²) in [5, 5.41) is 0. The molecule has 0 saturated heterocycles. The lowest BCUT2D eigenvalue weighted by Gasteiger charge is -2.45. The maximum Gasteiger partial charge on any atom is 0.181 e. The van der Waals surface area contributed by atoms with E-state index in [1.807, 2.05) is 48.5 Å². The van der Waals surface area contributed by atoms with E-state index in [4.69, 9.17) is 19.2 Å². The van der Waals surface area contributed by atoms with Crippen LogP contribution in [-0.4, -0.2) is 4.98 Å². The van der Waals surface area contributed by atoms with Crippen molar-refractivity contribution in [3.05, 3.63) is 180 Å². The summed E-state index contributed by atoms with van der Waals surface area (Å²) in [5.41, 5.74) is 7.68.